The van der Waals surface area contributed by atoms with E-state index in [1.165, 1.54) is 87.6 Å². The third-order valence-corrected chi connectivity index (χ3v) is 15.5. The van der Waals surface area contributed by atoms with Gasteiger partial charge in [-0.25, -0.2) is 0 Å². The van der Waals surface area contributed by atoms with Crippen molar-refractivity contribution < 1.29 is 0 Å². The minimum absolute atomic E-state index is 0.0142. The number of hydrogen-bond donors (Lipinski definition) is 0. The molecule has 0 amide bonds. The van der Waals surface area contributed by atoms with E-state index >= 15 is 0 Å². The zero-order valence-corrected chi connectivity index (χ0v) is 43.0. The van der Waals surface area contributed by atoms with E-state index in [1.807, 2.05) is 0 Å². The van der Waals surface area contributed by atoms with Gasteiger partial charge in [-0.1, -0.05) is 236 Å². The average molecular weight is 951 g/mol. The van der Waals surface area contributed by atoms with E-state index < -0.39 is 0 Å². The molecule has 1 aromatic heterocycles. The summed E-state index contributed by atoms with van der Waals surface area (Å²) in [4.78, 5) is 2.55. The fourth-order valence-electron chi connectivity index (χ4n) is 11.7. The Labute approximate surface area is 434 Å². The summed E-state index contributed by atoms with van der Waals surface area (Å²) in [5.41, 5.74) is 19.1. The minimum atomic E-state index is 0.0142. The van der Waals surface area contributed by atoms with Crippen molar-refractivity contribution in [3.63, 3.8) is 0 Å². The molecule has 12 aromatic carbocycles. The van der Waals surface area contributed by atoms with Crippen molar-refractivity contribution in [2.24, 2.45) is 0 Å². The van der Waals surface area contributed by atoms with Crippen LogP contribution < -0.4 is 4.90 Å². The van der Waals surface area contributed by atoms with E-state index in [4.69, 9.17) is 0 Å². The third-order valence-electron chi connectivity index (χ3n) is 15.5. The molecule has 0 saturated carbocycles. The van der Waals surface area contributed by atoms with Crippen LogP contribution in [-0.2, 0) is 10.8 Å². The topological polar surface area (TPSA) is 8.17 Å². The lowest BCUT2D eigenvalue weighted by atomic mass is 9.85. The van der Waals surface area contributed by atoms with Crippen molar-refractivity contribution in [1.29, 1.82) is 0 Å². The largest absolute Gasteiger partial charge is 0.309 e. The Morgan fingerprint density at radius 2 is 0.757 bits per heavy atom. The van der Waals surface area contributed by atoms with E-state index in [9.17, 15) is 0 Å². The number of hydrogen-bond acceptors (Lipinski definition) is 1. The summed E-state index contributed by atoms with van der Waals surface area (Å²) in [5.74, 6) is 0. The molecule has 2 nitrogen and oxygen atoms in total. The molecule has 74 heavy (non-hydrogen) atoms. The van der Waals surface area contributed by atoms with Crippen LogP contribution >= 0.6 is 0 Å². The number of aromatic nitrogens is 1. The van der Waals surface area contributed by atoms with Crippen LogP contribution in [0.25, 0.3) is 104 Å². The Balaban J connectivity index is 1.10. The Morgan fingerprint density at radius 1 is 0.324 bits per heavy atom. The SMILES string of the molecule is CC(C)(C)c1ccc2c(c1)c1cc(C(C)(C)C)ccc1n2-c1ccc2ccc3c(N(c4cccc(-c5ccccc5-c5ccccc5)c4)c4c(-c5ccccc5)cccc4-c4ccccc4)ccc4ccc1c2c43. The van der Waals surface area contributed by atoms with Gasteiger partial charge >= 0.3 is 0 Å². The summed E-state index contributed by atoms with van der Waals surface area (Å²) in [5, 5.41) is 10.0. The van der Waals surface area contributed by atoms with E-state index in [2.05, 4.69) is 294 Å². The molecule has 0 saturated heterocycles. The van der Waals surface area contributed by atoms with Gasteiger partial charge < -0.3 is 9.47 Å². The Kier molecular flexibility index (Phi) is 10.7. The number of anilines is 3. The molecular formula is C72H58N2. The molecule has 0 aliphatic heterocycles. The van der Waals surface area contributed by atoms with Crippen molar-refractivity contribution in [3.8, 4) is 50.2 Å². The van der Waals surface area contributed by atoms with Crippen molar-refractivity contribution in [1.82, 2.24) is 4.57 Å². The quantitative estimate of drug-likeness (QED) is 0.138. The smallest absolute Gasteiger partial charge is 0.0618 e. The first-order valence-electron chi connectivity index (χ1n) is 26.1. The molecule has 0 atom stereocenters. The van der Waals surface area contributed by atoms with Gasteiger partial charge in [-0.05, 0) is 125 Å². The summed E-state index contributed by atoms with van der Waals surface area (Å²) < 4.78 is 2.53. The van der Waals surface area contributed by atoms with Crippen molar-refractivity contribution in [3.05, 3.63) is 254 Å². The molecule has 0 aliphatic rings. The maximum absolute atomic E-state index is 2.55. The number of benzene rings is 12. The lowest BCUT2D eigenvalue weighted by Gasteiger charge is -2.32. The van der Waals surface area contributed by atoms with Crippen LogP contribution in [0, 0.1) is 0 Å². The Bertz CT molecular complexity index is 4110. The number of para-hydroxylation sites is 1. The van der Waals surface area contributed by atoms with Gasteiger partial charge in [-0.3, -0.25) is 0 Å². The van der Waals surface area contributed by atoms with Gasteiger partial charge in [0.2, 0.25) is 0 Å². The first-order valence-corrected chi connectivity index (χ1v) is 26.1. The van der Waals surface area contributed by atoms with E-state index in [-0.39, 0.29) is 10.8 Å². The summed E-state index contributed by atoms with van der Waals surface area (Å²) >= 11 is 0. The molecule has 0 N–H and O–H groups in total. The second kappa shape index (κ2) is 17.5. The van der Waals surface area contributed by atoms with Crippen molar-refractivity contribution in [2.75, 3.05) is 4.90 Å². The van der Waals surface area contributed by atoms with Gasteiger partial charge in [0, 0.05) is 38.4 Å². The predicted octanol–water partition coefficient (Wildman–Crippen LogP) is 20.4. The lowest BCUT2D eigenvalue weighted by molar-refractivity contribution is 0.590. The molecule has 1 heterocycles. The molecule has 0 aliphatic carbocycles. The molecule has 0 fully saturated rings. The van der Waals surface area contributed by atoms with E-state index in [0.29, 0.717) is 0 Å². The summed E-state index contributed by atoms with van der Waals surface area (Å²) in [7, 11) is 0. The van der Waals surface area contributed by atoms with Crippen LogP contribution in [0.3, 0.4) is 0 Å². The highest BCUT2D eigenvalue weighted by atomic mass is 15.1. The molecule has 356 valence electrons. The monoisotopic (exact) mass is 950 g/mol. The third kappa shape index (κ3) is 7.55. The highest BCUT2D eigenvalue weighted by molar-refractivity contribution is 6.28. The normalized spacial score (nSPS) is 12.2. The Hall–Kier alpha value is -8.72. The van der Waals surface area contributed by atoms with E-state index in [0.717, 1.165) is 44.9 Å². The first-order chi connectivity index (χ1) is 36.0. The van der Waals surface area contributed by atoms with Crippen LogP contribution in [-0.4, -0.2) is 4.57 Å². The summed E-state index contributed by atoms with van der Waals surface area (Å²) in [6.45, 7) is 13.9. The van der Waals surface area contributed by atoms with Gasteiger partial charge in [0.25, 0.3) is 0 Å². The van der Waals surface area contributed by atoms with Crippen LogP contribution in [0.15, 0.2) is 243 Å². The average Bonchev–Trinajstić information content (AvgIpc) is 3.78. The van der Waals surface area contributed by atoms with Crippen molar-refractivity contribution >= 4 is 71.2 Å². The highest BCUT2D eigenvalue weighted by Crippen LogP contribution is 2.51. The second-order valence-corrected chi connectivity index (χ2v) is 22.1. The molecule has 0 unspecified atom stereocenters. The van der Waals surface area contributed by atoms with Crippen LogP contribution in [0.2, 0.25) is 0 Å². The second-order valence-electron chi connectivity index (χ2n) is 22.1. The summed E-state index contributed by atoms with van der Waals surface area (Å²) in [6, 6.07) is 90.5. The number of fused-ring (bicyclic) bond motifs is 3. The van der Waals surface area contributed by atoms with Gasteiger partial charge in [0.15, 0.2) is 0 Å². The standard InChI is InChI=1S/C72H58N2/c1-71(2,3)53-36-42-66-62(45-53)63-46-54(72(4,5)6)37-43-67(63)74(66)65-41-35-51-32-38-60-64(40-34-50-33-39-61(65)69(51)68(50)60)73(55-27-18-26-52(44-55)57-29-17-16-28-56(57)47-20-10-7-11-21-47)70-58(48-22-12-8-13-23-48)30-19-31-59(70)49-24-14-9-15-25-49/h7-46H,1-6H3. The molecule has 0 spiro atoms. The van der Waals surface area contributed by atoms with Gasteiger partial charge in [0.05, 0.1) is 28.1 Å². The van der Waals surface area contributed by atoms with Gasteiger partial charge in [0.1, 0.15) is 0 Å². The molecule has 0 radical (unpaired) electrons. The molecule has 13 aromatic rings. The zero-order chi connectivity index (χ0) is 50.3. The van der Waals surface area contributed by atoms with Crippen LogP contribution in [0.4, 0.5) is 17.1 Å². The number of rotatable bonds is 8. The first kappa shape index (κ1) is 45.2. The molecule has 13 rings (SSSR count). The van der Waals surface area contributed by atoms with Crippen LogP contribution in [0.1, 0.15) is 52.7 Å². The zero-order valence-electron chi connectivity index (χ0n) is 43.0. The van der Waals surface area contributed by atoms with Crippen LogP contribution in [0.5, 0.6) is 0 Å². The maximum Gasteiger partial charge on any atom is 0.0618 e. The fourth-order valence-corrected chi connectivity index (χ4v) is 11.7. The predicted molar refractivity (Wildman–Crippen MR) is 318 cm³/mol. The summed E-state index contributed by atoms with van der Waals surface area (Å²) in [6.07, 6.45) is 0. The molecular weight excluding hydrogens is 893 g/mol. The molecule has 2 heteroatoms. The van der Waals surface area contributed by atoms with Gasteiger partial charge in [-0.15, -0.1) is 0 Å². The Morgan fingerprint density at radius 3 is 1.31 bits per heavy atom. The van der Waals surface area contributed by atoms with Crippen molar-refractivity contribution in [2.45, 2.75) is 52.4 Å². The highest BCUT2D eigenvalue weighted by Gasteiger charge is 2.27. The lowest BCUT2D eigenvalue weighted by Crippen LogP contribution is -2.13. The molecule has 0 bridgehead atoms. The maximum atomic E-state index is 2.55. The number of nitrogens with zero attached hydrogens (tertiary/aromatic N) is 2. The fraction of sp³-hybridized carbons (Fsp3) is 0.111. The minimum Gasteiger partial charge on any atom is -0.309 e. The van der Waals surface area contributed by atoms with E-state index in [1.54, 1.807) is 0 Å². The van der Waals surface area contributed by atoms with Gasteiger partial charge in [-0.2, -0.15) is 0 Å².